The predicted octanol–water partition coefficient (Wildman–Crippen LogP) is 4.36. The van der Waals surface area contributed by atoms with Crippen molar-refractivity contribution in [2.75, 3.05) is 12.3 Å². The first kappa shape index (κ1) is 15.7. The smallest absolute Gasteiger partial charge is 0.232 e. The van der Waals surface area contributed by atoms with E-state index < -0.39 is 0 Å². The second kappa shape index (κ2) is 7.94. The fourth-order valence-electron chi connectivity index (χ4n) is 2.67. The van der Waals surface area contributed by atoms with Gasteiger partial charge in [0.15, 0.2) is 0 Å². The Bertz CT molecular complexity index is 435. The summed E-state index contributed by atoms with van der Waals surface area (Å²) < 4.78 is 0. The van der Waals surface area contributed by atoms with Crippen molar-refractivity contribution in [2.24, 2.45) is 0 Å². The molecule has 1 aromatic rings. The third-order valence-electron chi connectivity index (χ3n) is 3.83. The Morgan fingerprint density at radius 2 is 2.10 bits per heavy atom. The average molecular weight is 312 g/mol. The fraction of sp³-hybridized carbons (Fsp3) is 0.562. The largest absolute Gasteiger partial charge is 0.339 e. The van der Waals surface area contributed by atoms with Gasteiger partial charge in [-0.3, -0.25) is 4.79 Å². The van der Waals surface area contributed by atoms with Crippen molar-refractivity contribution < 1.29 is 4.79 Å². The van der Waals surface area contributed by atoms with Crippen LogP contribution >= 0.6 is 23.4 Å². The maximum Gasteiger partial charge on any atom is 0.232 e. The number of rotatable bonds is 5. The molecule has 1 amide bonds. The molecule has 0 saturated carbocycles. The predicted molar refractivity (Wildman–Crippen MR) is 87.3 cm³/mol. The van der Waals surface area contributed by atoms with E-state index in [0.29, 0.717) is 17.7 Å². The Kier molecular flexibility index (Phi) is 6.24. The number of benzene rings is 1. The van der Waals surface area contributed by atoms with E-state index >= 15 is 0 Å². The number of hydrogen-bond donors (Lipinski definition) is 0. The molecule has 0 unspecified atom stereocenters. The zero-order valence-electron chi connectivity index (χ0n) is 12.0. The molecule has 0 aromatic heterocycles. The Hall–Kier alpha value is -0.670. The molecule has 1 aliphatic heterocycles. The van der Waals surface area contributed by atoms with Crippen LogP contribution in [0.3, 0.4) is 0 Å². The van der Waals surface area contributed by atoms with Crippen LogP contribution < -0.4 is 0 Å². The number of likely N-dealkylation sites (tertiary alicyclic amines) is 1. The lowest BCUT2D eigenvalue weighted by atomic mass is 10.0. The topological polar surface area (TPSA) is 20.3 Å². The molecule has 0 N–H and O–H groups in total. The van der Waals surface area contributed by atoms with Gasteiger partial charge in [-0.1, -0.05) is 30.7 Å². The Morgan fingerprint density at radius 1 is 1.35 bits per heavy atom. The highest BCUT2D eigenvalue weighted by molar-refractivity contribution is 7.99. The lowest BCUT2D eigenvalue weighted by Gasteiger charge is -2.35. The average Bonchev–Trinajstić information content (AvgIpc) is 2.49. The number of thioether (sulfide) groups is 1. The lowest BCUT2D eigenvalue weighted by Crippen LogP contribution is -2.44. The van der Waals surface area contributed by atoms with Crippen LogP contribution in [0.4, 0.5) is 0 Å². The third-order valence-corrected chi connectivity index (χ3v) is 5.07. The molecule has 0 aliphatic carbocycles. The number of halogens is 1. The molecule has 1 fully saturated rings. The Labute approximate surface area is 130 Å². The van der Waals surface area contributed by atoms with Crippen molar-refractivity contribution in [1.82, 2.24) is 4.90 Å². The highest BCUT2D eigenvalue weighted by atomic mass is 35.5. The van der Waals surface area contributed by atoms with E-state index in [0.717, 1.165) is 30.2 Å². The van der Waals surface area contributed by atoms with Crippen LogP contribution in [-0.4, -0.2) is 29.1 Å². The number of nitrogens with zero attached hydrogens (tertiary/aromatic N) is 1. The summed E-state index contributed by atoms with van der Waals surface area (Å²) in [6.07, 6.45) is 4.67. The molecule has 0 spiro atoms. The molecule has 1 saturated heterocycles. The minimum atomic E-state index is 0.301. The van der Waals surface area contributed by atoms with Crippen molar-refractivity contribution in [3.05, 3.63) is 34.9 Å². The molecule has 2 rings (SSSR count). The van der Waals surface area contributed by atoms with Crippen molar-refractivity contribution in [1.29, 1.82) is 0 Å². The number of amides is 1. The first-order valence-corrected chi connectivity index (χ1v) is 8.85. The van der Waals surface area contributed by atoms with E-state index in [4.69, 9.17) is 11.6 Å². The van der Waals surface area contributed by atoms with Gasteiger partial charge in [0.2, 0.25) is 5.91 Å². The highest BCUT2D eigenvalue weighted by Gasteiger charge is 2.24. The summed E-state index contributed by atoms with van der Waals surface area (Å²) in [4.78, 5) is 14.4. The molecular formula is C16H22ClNOS. The van der Waals surface area contributed by atoms with Crippen LogP contribution in [-0.2, 0) is 10.5 Å². The summed E-state index contributed by atoms with van der Waals surface area (Å²) in [7, 11) is 0. The summed E-state index contributed by atoms with van der Waals surface area (Å²) in [6.45, 7) is 3.12. The van der Waals surface area contributed by atoms with Crippen LogP contribution in [0.5, 0.6) is 0 Å². The van der Waals surface area contributed by atoms with Gasteiger partial charge in [-0.15, -0.1) is 11.8 Å². The molecule has 0 radical (unpaired) electrons. The highest BCUT2D eigenvalue weighted by Crippen LogP contribution is 2.21. The molecule has 1 aliphatic rings. The normalized spacial score (nSPS) is 19.1. The molecule has 110 valence electrons. The third kappa shape index (κ3) is 4.42. The van der Waals surface area contributed by atoms with E-state index in [2.05, 4.69) is 11.8 Å². The second-order valence-corrected chi connectivity index (χ2v) is 6.69. The van der Waals surface area contributed by atoms with Gasteiger partial charge < -0.3 is 4.90 Å². The van der Waals surface area contributed by atoms with E-state index in [1.54, 1.807) is 11.8 Å². The summed E-state index contributed by atoms with van der Waals surface area (Å²) in [5.74, 6) is 1.75. The summed E-state index contributed by atoms with van der Waals surface area (Å²) >= 11 is 7.55. The fourth-order valence-corrected chi connectivity index (χ4v) is 3.67. The van der Waals surface area contributed by atoms with Gasteiger partial charge in [0.05, 0.1) is 5.75 Å². The monoisotopic (exact) mass is 311 g/mol. The van der Waals surface area contributed by atoms with Gasteiger partial charge in [0, 0.05) is 23.4 Å². The van der Waals surface area contributed by atoms with Crippen LogP contribution in [0.1, 0.15) is 38.2 Å². The van der Waals surface area contributed by atoms with Crippen LogP contribution in [0.15, 0.2) is 24.3 Å². The van der Waals surface area contributed by atoms with Crippen molar-refractivity contribution in [2.45, 2.75) is 44.4 Å². The molecule has 1 atom stereocenters. The van der Waals surface area contributed by atoms with E-state index in [1.807, 2.05) is 24.3 Å². The van der Waals surface area contributed by atoms with Gasteiger partial charge in [0.25, 0.3) is 0 Å². The zero-order valence-corrected chi connectivity index (χ0v) is 13.6. The second-order valence-electron chi connectivity index (χ2n) is 5.26. The maximum absolute atomic E-state index is 12.3. The van der Waals surface area contributed by atoms with Gasteiger partial charge in [-0.25, -0.2) is 0 Å². The number of piperidine rings is 1. The molecule has 0 bridgehead atoms. The zero-order chi connectivity index (χ0) is 14.4. The number of hydrogen-bond acceptors (Lipinski definition) is 2. The SMILES string of the molecule is CC[C@H]1CCCCN1C(=O)CSCc1ccc(Cl)cc1. The number of carbonyl (C=O) groups excluding carboxylic acids is 1. The quantitative estimate of drug-likeness (QED) is 0.805. The molecule has 20 heavy (non-hydrogen) atoms. The Morgan fingerprint density at radius 3 is 2.80 bits per heavy atom. The van der Waals surface area contributed by atoms with Crippen molar-refractivity contribution in [3.8, 4) is 0 Å². The van der Waals surface area contributed by atoms with Gasteiger partial charge in [-0.05, 0) is 43.4 Å². The molecule has 1 aromatic carbocycles. The van der Waals surface area contributed by atoms with Crippen LogP contribution in [0.25, 0.3) is 0 Å². The molecule has 4 heteroatoms. The lowest BCUT2D eigenvalue weighted by molar-refractivity contribution is -0.132. The molecule has 2 nitrogen and oxygen atoms in total. The molecular weight excluding hydrogens is 290 g/mol. The van der Waals surface area contributed by atoms with E-state index in [-0.39, 0.29) is 0 Å². The van der Waals surface area contributed by atoms with Crippen molar-refractivity contribution >= 4 is 29.3 Å². The summed E-state index contributed by atoms with van der Waals surface area (Å²) in [6, 6.07) is 8.31. The van der Waals surface area contributed by atoms with Crippen molar-refractivity contribution in [3.63, 3.8) is 0 Å². The minimum Gasteiger partial charge on any atom is -0.339 e. The first-order chi connectivity index (χ1) is 9.70. The van der Waals surface area contributed by atoms with Crippen LogP contribution in [0.2, 0.25) is 5.02 Å². The number of carbonyl (C=O) groups is 1. The first-order valence-electron chi connectivity index (χ1n) is 7.32. The summed E-state index contributed by atoms with van der Waals surface area (Å²) in [5, 5.41) is 0.758. The van der Waals surface area contributed by atoms with Gasteiger partial charge >= 0.3 is 0 Å². The minimum absolute atomic E-state index is 0.301. The van der Waals surface area contributed by atoms with E-state index in [1.165, 1.54) is 18.4 Å². The maximum atomic E-state index is 12.3. The standard InChI is InChI=1S/C16H22ClNOS/c1-2-15-5-3-4-10-18(15)16(19)12-20-11-13-6-8-14(17)9-7-13/h6-9,15H,2-5,10-12H2,1H3/t15-/m0/s1. The van der Waals surface area contributed by atoms with Gasteiger partial charge in [0.1, 0.15) is 0 Å². The molecule has 1 heterocycles. The van der Waals surface area contributed by atoms with E-state index in [9.17, 15) is 4.79 Å². The Balaban J connectivity index is 1.78. The van der Waals surface area contributed by atoms with Gasteiger partial charge in [-0.2, -0.15) is 0 Å². The van der Waals surface area contributed by atoms with Crippen LogP contribution in [0, 0.1) is 0 Å². The summed E-state index contributed by atoms with van der Waals surface area (Å²) in [5.41, 5.74) is 1.22.